The zero-order valence-corrected chi connectivity index (χ0v) is 17.6. The van der Waals surface area contributed by atoms with Crippen molar-refractivity contribution < 1.29 is 37.7 Å². The van der Waals surface area contributed by atoms with Gasteiger partial charge in [-0.15, -0.1) is 0 Å². The fraction of sp³-hybridized carbons (Fsp3) is 0.304. The molecule has 0 spiro atoms. The molecular weight excluding hydrogens is 427 g/mol. The van der Waals surface area contributed by atoms with E-state index in [4.69, 9.17) is 0 Å². The number of phenolic OH excluding ortho intramolecular Hbond substituents is 1. The number of carboxylic acids is 1. The van der Waals surface area contributed by atoms with Crippen LogP contribution in [0.25, 0.3) is 10.9 Å². The van der Waals surface area contributed by atoms with Gasteiger partial charge in [-0.2, -0.15) is 8.78 Å². The number of aromatic hydroxyl groups is 1. The Hall–Kier alpha value is -3.49. The van der Waals surface area contributed by atoms with Crippen molar-refractivity contribution in [2.45, 2.75) is 39.7 Å². The van der Waals surface area contributed by atoms with Gasteiger partial charge in [-0.05, 0) is 48.7 Å². The highest BCUT2D eigenvalue weighted by atomic mass is 19.3. The Morgan fingerprint density at radius 3 is 2.31 bits per heavy atom. The van der Waals surface area contributed by atoms with Gasteiger partial charge in [-0.25, -0.2) is 4.39 Å². The first-order valence-corrected chi connectivity index (χ1v) is 9.92. The summed E-state index contributed by atoms with van der Waals surface area (Å²) < 4.78 is 44.4. The number of hydrogen-bond donors (Lipinski definition) is 2. The lowest BCUT2D eigenvalue weighted by atomic mass is 9.84. The zero-order valence-electron chi connectivity index (χ0n) is 17.6. The van der Waals surface area contributed by atoms with Gasteiger partial charge >= 0.3 is 12.6 Å². The molecule has 170 valence electrons. The number of aliphatic carboxylic acids is 1. The third-order valence-corrected chi connectivity index (χ3v) is 5.64. The van der Waals surface area contributed by atoms with Gasteiger partial charge in [0.05, 0.1) is 11.4 Å². The molecule has 9 heteroatoms. The summed E-state index contributed by atoms with van der Waals surface area (Å²) in [5, 5.41) is 20.1. The standard InChI is InChI=1S/C23H22F3NO5/c1-4-11(2)19(22(30)31)20-12(3)27(17-10-16(24)18(28)9-15(17)20)21(29)13-5-7-14(8-6-13)32-23(25)26/h5-11,19,23,28H,4H2,1-3H3,(H,30,31). The van der Waals surface area contributed by atoms with E-state index in [1.165, 1.54) is 28.8 Å². The fourth-order valence-corrected chi connectivity index (χ4v) is 3.90. The van der Waals surface area contributed by atoms with E-state index < -0.39 is 36.0 Å². The summed E-state index contributed by atoms with van der Waals surface area (Å²) in [4.78, 5) is 25.4. The average Bonchev–Trinajstić information content (AvgIpc) is 2.99. The fourth-order valence-electron chi connectivity index (χ4n) is 3.90. The number of fused-ring (bicyclic) bond motifs is 1. The minimum atomic E-state index is -3.01. The van der Waals surface area contributed by atoms with Gasteiger partial charge in [-0.3, -0.25) is 14.2 Å². The molecular formula is C23H22F3NO5. The van der Waals surface area contributed by atoms with E-state index in [1.807, 2.05) is 6.92 Å². The molecule has 0 aliphatic rings. The van der Waals surface area contributed by atoms with Crippen molar-refractivity contribution in [3.63, 3.8) is 0 Å². The van der Waals surface area contributed by atoms with Gasteiger partial charge in [0.25, 0.3) is 5.91 Å². The van der Waals surface area contributed by atoms with E-state index in [0.29, 0.717) is 12.0 Å². The van der Waals surface area contributed by atoms with Crippen LogP contribution in [0.4, 0.5) is 13.2 Å². The first-order valence-electron chi connectivity index (χ1n) is 9.92. The molecule has 2 aromatic carbocycles. The molecule has 32 heavy (non-hydrogen) atoms. The largest absolute Gasteiger partial charge is 0.505 e. The lowest BCUT2D eigenvalue weighted by Crippen LogP contribution is -2.21. The van der Waals surface area contributed by atoms with Gasteiger partial charge in [0, 0.05) is 22.7 Å². The molecule has 0 bridgehead atoms. The SMILES string of the molecule is CCC(C)C(C(=O)O)c1c(C)n(C(=O)c2ccc(OC(F)F)cc2)c2cc(F)c(O)cc12. The molecule has 0 fully saturated rings. The van der Waals surface area contributed by atoms with Crippen molar-refractivity contribution >= 4 is 22.8 Å². The molecule has 0 aliphatic carbocycles. The number of alkyl halides is 2. The Labute approximate surface area is 181 Å². The molecule has 0 aliphatic heterocycles. The van der Waals surface area contributed by atoms with Crippen molar-refractivity contribution in [1.82, 2.24) is 4.57 Å². The van der Waals surface area contributed by atoms with Crippen LogP contribution in [0.2, 0.25) is 0 Å². The average molecular weight is 449 g/mol. The predicted molar refractivity (Wildman–Crippen MR) is 111 cm³/mol. The molecule has 0 radical (unpaired) electrons. The highest BCUT2D eigenvalue weighted by Crippen LogP contribution is 2.39. The van der Waals surface area contributed by atoms with Crippen LogP contribution in [0.3, 0.4) is 0 Å². The van der Waals surface area contributed by atoms with Crippen LogP contribution < -0.4 is 4.74 Å². The smallest absolute Gasteiger partial charge is 0.387 e. The van der Waals surface area contributed by atoms with E-state index in [1.54, 1.807) is 13.8 Å². The topological polar surface area (TPSA) is 88.8 Å². The number of benzene rings is 2. The van der Waals surface area contributed by atoms with E-state index in [9.17, 15) is 33.0 Å². The van der Waals surface area contributed by atoms with Crippen LogP contribution in [0.5, 0.6) is 11.5 Å². The number of carboxylic acid groups (broad SMARTS) is 1. The van der Waals surface area contributed by atoms with Crippen LogP contribution in [0, 0.1) is 18.7 Å². The molecule has 0 saturated heterocycles. The number of aromatic nitrogens is 1. The van der Waals surface area contributed by atoms with E-state index in [2.05, 4.69) is 4.74 Å². The van der Waals surface area contributed by atoms with Crippen LogP contribution in [0.15, 0.2) is 36.4 Å². The number of carbonyl (C=O) groups is 2. The monoisotopic (exact) mass is 449 g/mol. The predicted octanol–water partition coefficient (Wildman–Crippen LogP) is 5.30. The van der Waals surface area contributed by atoms with E-state index in [-0.39, 0.29) is 33.8 Å². The lowest BCUT2D eigenvalue weighted by molar-refractivity contribution is -0.140. The van der Waals surface area contributed by atoms with Gasteiger partial charge in [-0.1, -0.05) is 20.3 Å². The maximum Gasteiger partial charge on any atom is 0.387 e. The second kappa shape index (κ2) is 8.94. The highest BCUT2D eigenvalue weighted by molar-refractivity contribution is 6.05. The molecule has 2 unspecified atom stereocenters. The summed E-state index contributed by atoms with van der Waals surface area (Å²) in [5.74, 6) is -4.78. The van der Waals surface area contributed by atoms with Gasteiger partial charge in [0.15, 0.2) is 11.6 Å². The maximum absolute atomic E-state index is 14.2. The van der Waals surface area contributed by atoms with Gasteiger partial charge in [0.1, 0.15) is 5.75 Å². The number of phenols is 1. The molecule has 2 atom stereocenters. The number of halogens is 3. The minimum absolute atomic E-state index is 0.0975. The summed E-state index contributed by atoms with van der Waals surface area (Å²) >= 11 is 0. The minimum Gasteiger partial charge on any atom is -0.505 e. The number of carbonyl (C=O) groups excluding carboxylic acids is 1. The quantitative estimate of drug-likeness (QED) is 0.511. The zero-order chi connectivity index (χ0) is 23.7. The highest BCUT2D eigenvalue weighted by Gasteiger charge is 2.33. The number of nitrogens with zero attached hydrogens (tertiary/aromatic N) is 1. The van der Waals surface area contributed by atoms with Crippen molar-refractivity contribution in [2.75, 3.05) is 0 Å². The van der Waals surface area contributed by atoms with Crippen LogP contribution >= 0.6 is 0 Å². The number of rotatable bonds is 7. The van der Waals surface area contributed by atoms with Crippen LogP contribution in [-0.4, -0.2) is 33.3 Å². The molecule has 1 aromatic heterocycles. The second-order valence-corrected chi connectivity index (χ2v) is 7.56. The first kappa shape index (κ1) is 23.2. The number of hydrogen-bond acceptors (Lipinski definition) is 4. The first-order chi connectivity index (χ1) is 15.1. The maximum atomic E-state index is 14.2. The van der Waals surface area contributed by atoms with Crippen molar-refractivity contribution in [3.05, 3.63) is 59.0 Å². The Bertz CT molecular complexity index is 1170. The third-order valence-electron chi connectivity index (χ3n) is 5.64. The Morgan fingerprint density at radius 2 is 1.78 bits per heavy atom. The Kier molecular flexibility index (Phi) is 6.47. The second-order valence-electron chi connectivity index (χ2n) is 7.56. The van der Waals surface area contributed by atoms with Crippen LogP contribution in [0.1, 0.15) is 47.8 Å². The van der Waals surface area contributed by atoms with Crippen LogP contribution in [-0.2, 0) is 4.79 Å². The van der Waals surface area contributed by atoms with E-state index in [0.717, 1.165) is 12.1 Å². The van der Waals surface area contributed by atoms with Crippen molar-refractivity contribution in [1.29, 1.82) is 0 Å². The molecule has 3 rings (SSSR count). The third kappa shape index (κ3) is 4.15. The molecule has 0 amide bonds. The summed E-state index contributed by atoms with van der Waals surface area (Å²) in [6.45, 7) is 2.13. The van der Waals surface area contributed by atoms with Crippen molar-refractivity contribution in [3.8, 4) is 11.5 Å². The normalized spacial score (nSPS) is 13.3. The molecule has 6 nitrogen and oxygen atoms in total. The molecule has 3 aromatic rings. The van der Waals surface area contributed by atoms with E-state index >= 15 is 0 Å². The Balaban J connectivity index is 2.23. The lowest BCUT2D eigenvalue weighted by Gasteiger charge is -2.20. The molecule has 0 saturated carbocycles. The summed E-state index contributed by atoms with van der Waals surface area (Å²) in [5.41, 5.74) is 0.793. The summed E-state index contributed by atoms with van der Waals surface area (Å²) in [7, 11) is 0. The molecule has 1 heterocycles. The number of ether oxygens (including phenoxy) is 1. The summed E-state index contributed by atoms with van der Waals surface area (Å²) in [6.07, 6.45) is 0.538. The van der Waals surface area contributed by atoms with Gasteiger partial charge in [0.2, 0.25) is 0 Å². The molecule has 2 N–H and O–H groups in total. The Morgan fingerprint density at radius 1 is 1.16 bits per heavy atom. The van der Waals surface area contributed by atoms with Gasteiger partial charge < -0.3 is 14.9 Å². The summed E-state index contributed by atoms with van der Waals surface area (Å²) in [6, 6.07) is 7.06. The van der Waals surface area contributed by atoms with Crippen molar-refractivity contribution in [2.24, 2.45) is 5.92 Å².